The smallest absolute Gasteiger partial charge is 0.318 e. The largest absolute Gasteiger partial charge is 0.334 e. The highest BCUT2D eigenvalue weighted by Gasteiger charge is 2.03. The van der Waals surface area contributed by atoms with Gasteiger partial charge in [0.15, 0.2) is 0 Å². The fourth-order valence-electron chi connectivity index (χ4n) is 2.18. The summed E-state index contributed by atoms with van der Waals surface area (Å²) in [6.07, 6.45) is 2.02. The van der Waals surface area contributed by atoms with E-state index in [-0.39, 0.29) is 12.4 Å². The SMILES string of the molecule is CCC(=O)O/N=c1/c2ccccc2ccc2ncccc12. The van der Waals surface area contributed by atoms with Crippen molar-refractivity contribution in [1.29, 1.82) is 0 Å². The lowest BCUT2D eigenvalue weighted by atomic mass is 10.1. The van der Waals surface area contributed by atoms with Gasteiger partial charge in [0.1, 0.15) is 5.36 Å². The predicted molar refractivity (Wildman–Crippen MR) is 81.2 cm³/mol. The van der Waals surface area contributed by atoms with Gasteiger partial charge in [0, 0.05) is 23.4 Å². The molecule has 0 amide bonds. The summed E-state index contributed by atoms with van der Waals surface area (Å²) in [5.74, 6) is -0.359. The lowest BCUT2D eigenvalue weighted by Crippen LogP contribution is -2.07. The normalized spacial score (nSPS) is 11.8. The zero-order valence-corrected chi connectivity index (χ0v) is 11.6. The summed E-state index contributed by atoms with van der Waals surface area (Å²) in [5, 5.41) is 7.50. The summed E-state index contributed by atoms with van der Waals surface area (Å²) in [6.45, 7) is 1.74. The van der Waals surface area contributed by atoms with Crippen LogP contribution >= 0.6 is 0 Å². The summed E-state index contributed by atoms with van der Waals surface area (Å²) in [6, 6.07) is 15.6. The van der Waals surface area contributed by atoms with Crippen LogP contribution in [0.3, 0.4) is 0 Å². The molecule has 4 nitrogen and oxygen atoms in total. The predicted octanol–water partition coefficient (Wildman–Crippen LogP) is 3.16. The number of nitrogens with zero attached hydrogens (tertiary/aromatic N) is 2. The molecular formula is C17H14N2O2. The summed E-state index contributed by atoms with van der Waals surface area (Å²) in [7, 11) is 0. The maximum atomic E-state index is 11.4. The molecule has 3 aromatic rings. The minimum atomic E-state index is -0.359. The van der Waals surface area contributed by atoms with Crippen LogP contribution in [0, 0.1) is 0 Å². The molecule has 4 heteroatoms. The van der Waals surface area contributed by atoms with E-state index in [4.69, 9.17) is 4.84 Å². The summed E-state index contributed by atoms with van der Waals surface area (Å²) in [4.78, 5) is 20.7. The van der Waals surface area contributed by atoms with Crippen LogP contribution in [0.4, 0.5) is 0 Å². The molecule has 0 spiro atoms. The molecule has 1 heterocycles. The Bertz CT molecular complexity index is 826. The number of hydrogen-bond donors (Lipinski definition) is 0. The van der Waals surface area contributed by atoms with Gasteiger partial charge in [0.25, 0.3) is 0 Å². The number of pyridine rings is 1. The van der Waals surface area contributed by atoms with Gasteiger partial charge in [-0.2, -0.15) is 0 Å². The number of carbonyl (C=O) groups excluding carboxylic acids is 1. The molecule has 21 heavy (non-hydrogen) atoms. The first-order valence-electron chi connectivity index (χ1n) is 6.80. The minimum absolute atomic E-state index is 0.288. The van der Waals surface area contributed by atoms with Crippen molar-refractivity contribution in [2.75, 3.05) is 0 Å². The van der Waals surface area contributed by atoms with E-state index in [9.17, 15) is 4.79 Å². The zero-order valence-electron chi connectivity index (χ0n) is 11.6. The average molecular weight is 278 g/mol. The van der Waals surface area contributed by atoms with Gasteiger partial charge in [0.2, 0.25) is 0 Å². The molecule has 3 rings (SSSR count). The Morgan fingerprint density at radius 2 is 1.90 bits per heavy atom. The van der Waals surface area contributed by atoms with Crippen LogP contribution in [0.5, 0.6) is 0 Å². The third kappa shape index (κ3) is 2.60. The first-order chi connectivity index (χ1) is 10.3. The number of fused-ring (bicyclic) bond motifs is 2. The van der Waals surface area contributed by atoms with Gasteiger partial charge in [-0.3, -0.25) is 4.98 Å². The second-order valence-electron chi connectivity index (χ2n) is 4.61. The first kappa shape index (κ1) is 13.2. The molecule has 0 atom stereocenters. The van der Waals surface area contributed by atoms with Crippen molar-refractivity contribution in [3.8, 4) is 0 Å². The fraction of sp³-hybridized carbons (Fsp3) is 0.118. The minimum Gasteiger partial charge on any atom is -0.318 e. The topological polar surface area (TPSA) is 51.5 Å². The molecular weight excluding hydrogens is 264 g/mol. The molecule has 2 aromatic carbocycles. The molecule has 0 saturated carbocycles. The molecule has 0 fully saturated rings. The molecule has 0 radical (unpaired) electrons. The summed E-state index contributed by atoms with van der Waals surface area (Å²) < 4.78 is 0. The van der Waals surface area contributed by atoms with Crippen LogP contribution in [0.1, 0.15) is 13.3 Å². The Hall–Kier alpha value is -2.75. The number of aromatic nitrogens is 1. The van der Waals surface area contributed by atoms with Crippen LogP contribution in [-0.2, 0) is 9.63 Å². The molecule has 0 unspecified atom stereocenters. The van der Waals surface area contributed by atoms with Gasteiger partial charge in [-0.1, -0.05) is 42.4 Å². The quantitative estimate of drug-likeness (QED) is 0.534. The van der Waals surface area contributed by atoms with E-state index in [0.717, 1.165) is 21.7 Å². The highest BCUT2D eigenvalue weighted by Crippen LogP contribution is 2.13. The highest BCUT2D eigenvalue weighted by molar-refractivity contribution is 5.91. The lowest BCUT2D eigenvalue weighted by molar-refractivity contribution is -0.143. The van der Waals surface area contributed by atoms with Gasteiger partial charge in [0.05, 0.1) is 5.52 Å². The van der Waals surface area contributed by atoms with Crippen molar-refractivity contribution in [2.24, 2.45) is 5.16 Å². The Morgan fingerprint density at radius 3 is 2.76 bits per heavy atom. The molecule has 1 aromatic heterocycles. The van der Waals surface area contributed by atoms with Gasteiger partial charge in [-0.15, -0.1) is 0 Å². The fourth-order valence-corrected chi connectivity index (χ4v) is 2.18. The van der Waals surface area contributed by atoms with Crippen LogP contribution in [0.2, 0.25) is 0 Å². The standard InChI is InChI=1S/C17H14N2O2/c1-2-16(20)21-19-17-13-7-4-3-6-12(13)9-10-15-14(17)8-5-11-18-15/h3-11H,2H2,1H3/b19-17-. The van der Waals surface area contributed by atoms with E-state index in [1.807, 2.05) is 48.5 Å². The number of carbonyl (C=O) groups is 1. The van der Waals surface area contributed by atoms with Crippen molar-refractivity contribution in [1.82, 2.24) is 4.98 Å². The van der Waals surface area contributed by atoms with E-state index in [2.05, 4.69) is 10.1 Å². The van der Waals surface area contributed by atoms with Crippen molar-refractivity contribution in [3.05, 3.63) is 60.1 Å². The van der Waals surface area contributed by atoms with Crippen molar-refractivity contribution in [3.63, 3.8) is 0 Å². The molecule has 0 bridgehead atoms. The third-order valence-corrected chi connectivity index (χ3v) is 3.26. The van der Waals surface area contributed by atoms with Crippen molar-refractivity contribution < 1.29 is 9.63 Å². The van der Waals surface area contributed by atoms with Crippen LogP contribution < -0.4 is 5.36 Å². The Labute approximate surface area is 121 Å². The maximum Gasteiger partial charge on any atom is 0.334 e. The number of hydrogen-bond acceptors (Lipinski definition) is 4. The maximum absolute atomic E-state index is 11.4. The van der Waals surface area contributed by atoms with Crippen LogP contribution in [-0.4, -0.2) is 11.0 Å². The van der Waals surface area contributed by atoms with E-state index < -0.39 is 0 Å². The third-order valence-electron chi connectivity index (χ3n) is 3.26. The second kappa shape index (κ2) is 5.71. The van der Waals surface area contributed by atoms with E-state index >= 15 is 0 Å². The summed E-state index contributed by atoms with van der Waals surface area (Å²) in [5.41, 5.74) is 0.806. The van der Waals surface area contributed by atoms with Gasteiger partial charge in [-0.05, 0) is 23.6 Å². The molecule has 0 aliphatic heterocycles. The molecule has 0 saturated heterocycles. The van der Waals surface area contributed by atoms with E-state index in [1.54, 1.807) is 13.1 Å². The average Bonchev–Trinajstić information content (AvgIpc) is 2.69. The Balaban J connectivity index is 2.43. The lowest BCUT2D eigenvalue weighted by Gasteiger charge is -1.96. The molecule has 0 aliphatic rings. The first-order valence-corrected chi connectivity index (χ1v) is 6.80. The second-order valence-corrected chi connectivity index (χ2v) is 4.61. The van der Waals surface area contributed by atoms with Crippen LogP contribution in [0.25, 0.3) is 21.7 Å². The Kier molecular flexibility index (Phi) is 3.60. The van der Waals surface area contributed by atoms with Crippen LogP contribution in [0.15, 0.2) is 59.9 Å². The monoisotopic (exact) mass is 278 g/mol. The molecule has 0 aliphatic carbocycles. The molecule has 104 valence electrons. The van der Waals surface area contributed by atoms with Gasteiger partial charge in [-0.25, -0.2) is 4.79 Å². The van der Waals surface area contributed by atoms with E-state index in [0.29, 0.717) is 5.36 Å². The van der Waals surface area contributed by atoms with Crippen molar-refractivity contribution >= 4 is 27.6 Å². The highest BCUT2D eigenvalue weighted by atomic mass is 16.7. The zero-order chi connectivity index (χ0) is 14.7. The molecule has 0 N–H and O–H groups in total. The van der Waals surface area contributed by atoms with Gasteiger partial charge < -0.3 is 4.84 Å². The van der Waals surface area contributed by atoms with Gasteiger partial charge >= 0.3 is 5.97 Å². The van der Waals surface area contributed by atoms with Crippen molar-refractivity contribution in [2.45, 2.75) is 13.3 Å². The summed E-state index contributed by atoms with van der Waals surface area (Å²) >= 11 is 0. The number of rotatable bonds is 2. The van der Waals surface area contributed by atoms with E-state index in [1.165, 1.54) is 0 Å². The number of benzene rings is 1. The Morgan fingerprint density at radius 1 is 1.10 bits per heavy atom.